The predicted molar refractivity (Wildman–Crippen MR) is 115 cm³/mol. The number of esters is 1. The number of hydrogen-bond acceptors (Lipinski definition) is 8. The summed E-state index contributed by atoms with van der Waals surface area (Å²) in [6, 6.07) is 1.65. The van der Waals surface area contributed by atoms with Crippen molar-refractivity contribution in [3.63, 3.8) is 0 Å². The van der Waals surface area contributed by atoms with E-state index in [2.05, 4.69) is 20.3 Å². The van der Waals surface area contributed by atoms with Gasteiger partial charge in [-0.2, -0.15) is 0 Å². The number of nitrogens with one attached hydrogen (secondary N) is 1. The van der Waals surface area contributed by atoms with Crippen LogP contribution in [0.2, 0.25) is 0 Å². The van der Waals surface area contributed by atoms with Crippen LogP contribution < -0.4 is 22.3 Å². The molecule has 11 heteroatoms. The van der Waals surface area contributed by atoms with E-state index in [-0.39, 0.29) is 53.3 Å². The largest absolute Gasteiger partial charge is 1.00 e. The van der Waals surface area contributed by atoms with Gasteiger partial charge in [-0.15, -0.1) is 0 Å². The Morgan fingerprint density at radius 3 is 2.53 bits per heavy atom. The number of piperidine rings is 3. The van der Waals surface area contributed by atoms with Crippen LogP contribution in [0.5, 0.6) is 0 Å². The topological polar surface area (TPSA) is 127 Å². The zero-order valence-electron chi connectivity index (χ0n) is 18.9. The van der Waals surface area contributed by atoms with Crippen molar-refractivity contribution in [2.24, 2.45) is 11.8 Å². The maximum atomic E-state index is 13.4. The van der Waals surface area contributed by atoms with Crippen molar-refractivity contribution in [2.75, 3.05) is 31.5 Å². The molecule has 2 aromatic heterocycles. The molecule has 2 atom stereocenters. The second-order valence-electron chi connectivity index (χ2n) is 9.68. The number of furan rings is 1. The van der Waals surface area contributed by atoms with Crippen molar-refractivity contribution >= 4 is 17.8 Å². The molecule has 2 bridgehead atoms. The van der Waals surface area contributed by atoms with Gasteiger partial charge in [0.25, 0.3) is 5.91 Å². The van der Waals surface area contributed by atoms with Crippen LogP contribution in [-0.4, -0.2) is 68.7 Å². The predicted octanol–water partition coefficient (Wildman–Crippen LogP) is -1.36. The number of rotatable bonds is 7. The maximum absolute atomic E-state index is 13.4. The Morgan fingerprint density at radius 1 is 1.18 bits per heavy atom. The highest BCUT2D eigenvalue weighted by molar-refractivity contribution is 5.89. The van der Waals surface area contributed by atoms with Gasteiger partial charge in [-0.25, -0.2) is 19.7 Å². The Labute approximate surface area is 208 Å². The molecule has 6 rings (SSSR count). The fourth-order valence-corrected chi connectivity index (χ4v) is 5.92. The van der Waals surface area contributed by atoms with Crippen molar-refractivity contribution in [1.29, 1.82) is 0 Å². The van der Waals surface area contributed by atoms with Crippen molar-refractivity contribution in [2.45, 2.75) is 50.2 Å². The Hall–Kier alpha value is -2.37. The number of anilines is 1. The van der Waals surface area contributed by atoms with Gasteiger partial charge in [-0.1, -0.05) is 12.8 Å². The van der Waals surface area contributed by atoms with Crippen LogP contribution in [-0.2, 0) is 19.9 Å². The summed E-state index contributed by atoms with van der Waals surface area (Å²) in [7, 11) is 0. The van der Waals surface area contributed by atoms with E-state index in [4.69, 9.17) is 9.15 Å². The van der Waals surface area contributed by atoms with Gasteiger partial charge < -0.3 is 35.7 Å². The maximum Gasteiger partial charge on any atom is 0.343 e. The van der Waals surface area contributed by atoms with E-state index in [1.165, 1.54) is 25.2 Å². The minimum Gasteiger partial charge on any atom is -1.00 e. The van der Waals surface area contributed by atoms with Crippen molar-refractivity contribution < 1.29 is 45.3 Å². The van der Waals surface area contributed by atoms with Gasteiger partial charge >= 0.3 is 5.97 Å². The third-order valence-electron chi connectivity index (χ3n) is 7.74. The average Bonchev–Trinajstić information content (AvgIpc) is 3.54. The summed E-state index contributed by atoms with van der Waals surface area (Å²) in [5, 5.41) is 14.3. The molecule has 5 heterocycles. The third-order valence-corrected chi connectivity index (χ3v) is 7.74. The van der Waals surface area contributed by atoms with Crippen LogP contribution in [0.4, 0.5) is 5.95 Å². The van der Waals surface area contributed by atoms with Crippen LogP contribution in [0.1, 0.15) is 44.1 Å². The molecule has 1 aliphatic carbocycles. The molecule has 1 unspecified atom stereocenters. The molecular weight excluding hydrogens is 506 g/mol. The van der Waals surface area contributed by atoms with E-state index in [1.54, 1.807) is 6.07 Å². The number of aromatic nitrogens is 3. The van der Waals surface area contributed by atoms with Gasteiger partial charge in [0.15, 0.2) is 18.2 Å². The Kier molecular flexibility index (Phi) is 7.34. The lowest BCUT2D eigenvalue weighted by molar-refractivity contribution is -0.939. The SMILES string of the molecule is O=C(C[N+]12CCC(CC1)C(OC(=O)[C@](O)(c1ccoc1)C1CCCC1)C2)Nc1ncncn1.[Br-]. The molecule has 34 heavy (non-hydrogen) atoms. The van der Waals surface area contributed by atoms with Crippen molar-refractivity contribution in [3.8, 4) is 0 Å². The summed E-state index contributed by atoms with van der Waals surface area (Å²) in [6.07, 6.45) is 10.5. The average molecular weight is 536 g/mol. The summed E-state index contributed by atoms with van der Waals surface area (Å²) in [5.74, 6) is -0.477. The Bertz CT molecular complexity index is 977. The number of hydrogen-bond donors (Lipinski definition) is 2. The van der Waals surface area contributed by atoms with Crippen molar-refractivity contribution in [1.82, 2.24) is 15.0 Å². The summed E-state index contributed by atoms with van der Waals surface area (Å²) >= 11 is 0. The van der Waals surface area contributed by atoms with E-state index >= 15 is 0 Å². The first-order valence-electron chi connectivity index (χ1n) is 11.7. The molecule has 4 fully saturated rings. The zero-order chi connectivity index (χ0) is 22.9. The molecule has 2 aromatic rings. The first-order chi connectivity index (χ1) is 16.0. The molecule has 0 aromatic carbocycles. The Morgan fingerprint density at radius 2 is 1.88 bits per heavy atom. The number of halogens is 1. The number of quaternary nitrogens is 1. The van der Waals surface area contributed by atoms with Crippen molar-refractivity contribution in [3.05, 3.63) is 36.8 Å². The summed E-state index contributed by atoms with van der Waals surface area (Å²) in [6.45, 7) is 2.55. The molecule has 184 valence electrons. The highest BCUT2D eigenvalue weighted by atomic mass is 79.9. The molecule has 0 radical (unpaired) electrons. The fraction of sp³-hybridized carbons (Fsp3) is 0.609. The number of carbonyl (C=O) groups excluding carboxylic acids is 2. The molecule has 2 N–H and O–H groups in total. The highest BCUT2D eigenvalue weighted by Crippen LogP contribution is 2.43. The minimum absolute atomic E-state index is 0. The van der Waals surface area contributed by atoms with Gasteiger partial charge in [0.2, 0.25) is 5.95 Å². The molecular formula is C23H30BrN5O5. The van der Waals surface area contributed by atoms with E-state index in [0.717, 1.165) is 51.6 Å². The molecule has 10 nitrogen and oxygen atoms in total. The lowest BCUT2D eigenvalue weighted by Crippen LogP contribution is -3.00. The summed E-state index contributed by atoms with van der Waals surface area (Å²) in [4.78, 5) is 37.8. The fourth-order valence-electron chi connectivity index (χ4n) is 5.92. The van der Waals surface area contributed by atoms with Crippen LogP contribution >= 0.6 is 0 Å². The van der Waals surface area contributed by atoms with Crippen LogP contribution in [0.25, 0.3) is 0 Å². The molecule has 3 saturated heterocycles. The number of aliphatic hydroxyl groups is 1. The van der Waals surface area contributed by atoms with E-state index < -0.39 is 11.6 Å². The first-order valence-corrected chi connectivity index (χ1v) is 11.7. The van der Waals surface area contributed by atoms with Gasteiger partial charge in [0, 0.05) is 30.2 Å². The van der Waals surface area contributed by atoms with Crippen LogP contribution in [0.15, 0.2) is 35.7 Å². The second kappa shape index (κ2) is 10.1. The van der Waals surface area contributed by atoms with Crippen LogP contribution in [0.3, 0.4) is 0 Å². The standard InChI is InChI=1S/C23H29N5O5.BrH/c29-20(27-22-25-14-24-15-26-22)12-28-8-5-16(6-9-28)19(11-28)33-21(30)23(31,17-3-1-2-4-17)18-7-10-32-13-18;/h7,10,13-17,19,31H,1-6,8-9,11-12H2;1H/t16?,19?,23-,28?;/m1./s1. The number of carbonyl (C=O) groups is 2. The quantitative estimate of drug-likeness (QED) is 0.328. The van der Waals surface area contributed by atoms with Gasteiger partial charge in [0.05, 0.1) is 25.6 Å². The number of nitrogens with zero attached hydrogens (tertiary/aromatic N) is 4. The molecule has 4 aliphatic rings. The number of amides is 1. The van der Waals surface area contributed by atoms with Gasteiger partial charge in [-0.05, 0) is 18.9 Å². The lowest BCUT2D eigenvalue weighted by Gasteiger charge is -2.51. The first kappa shape index (κ1) is 24.7. The van der Waals surface area contributed by atoms with E-state index in [1.807, 2.05) is 0 Å². The van der Waals surface area contributed by atoms with Gasteiger partial charge in [-0.3, -0.25) is 10.1 Å². The lowest BCUT2D eigenvalue weighted by atomic mass is 9.80. The highest BCUT2D eigenvalue weighted by Gasteiger charge is 2.53. The number of ether oxygens (including phenoxy) is 1. The number of fused-ring (bicyclic) bond motifs is 3. The molecule has 1 amide bonds. The minimum atomic E-state index is -1.70. The van der Waals surface area contributed by atoms with Gasteiger partial charge in [0.1, 0.15) is 19.2 Å². The normalized spacial score (nSPS) is 28.0. The second-order valence-corrected chi connectivity index (χ2v) is 9.68. The van der Waals surface area contributed by atoms with Crippen LogP contribution in [0, 0.1) is 11.8 Å². The van der Waals surface area contributed by atoms with E-state index in [0.29, 0.717) is 16.6 Å². The smallest absolute Gasteiger partial charge is 0.343 e. The molecule has 1 saturated carbocycles. The summed E-state index contributed by atoms with van der Waals surface area (Å²) in [5.41, 5.74) is -1.24. The zero-order valence-corrected chi connectivity index (χ0v) is 20.5. The molecule has 0 spiro atoms. The van der Waals surface area contributed by atoms with E-state index in [9.17, 15) is 14.7 Å². The monoisotopic (exact) mass is 535 g/mol. The Balaban J connectivity index is 0.00000274. The summed E-state index contributed by atoms with van der Waals surface area (Å²) < 4.78 is 11.8. The molecule has 3 aliphatic heterocycles. The third kappa shape index (κ3) is 4.73.